The Balaban J connectivity index is 1.76. The zero-order valence-corrected chi connectivity index (χ0v) is 18.0. The van der Waals surface area contributed by atoms with Crippen molar-refractivity contribution in [1.29, 1.82) is 0 Å². The Hall–Kier alpha value is -3.41. The van der Waals surface area contributed by atoms with E-state index in [0.29, 0.717) is 43.2 Å². The van der Waals surface area contributed by atoms with Gasteiger partial charge in [-0.25, -0.2) is 9.78 Å². The third kappa shape index (κ3) is 4.24. The highest BCUT2D eigenvalue weighted by molar-refractivity contribution is 5.68. The third-order valence-electron chi connectivity index (χ3n) is 5.62. The Bertz CT molecular complexity index is 1070. The number of ether oxygens (including phenoxy) is 1. The van der Waals surface area contributed by atoms with Crippen molar-refractivity contribution >= 4 is 6.09 Å². The maximum Gasteiger partial charge on any atom is 0.410 e. The zero-order valence-electron chi connectivity index (χ0n) is 18.0. The van der Waals surface area contributed by atoms with E-state index < -0.39 is 0 Å². The van der Waals surface area contributed by atoms with Crippen molar-refractivity contribution in [3.63, 3.8) is 0 Å². The molecule has 0 N–H and O–H groups in total. The molecule has 0 atom stereocenters. The molecule has 0 aliphatic carbocycles. The second-order valence-corrected chi connectivity index (χ2v) is 7.77. The van der Waals surface area contributed by atoms with E-state index in [-0.39, 0.29) is 17.7 Å². The highest BCUT2D eigenvalue weighted by Gasteiger charge is 2.28. The molecule has 1 aliphatic rings. The van der Waals surface area contributed by atoms with Gasteiger partial charge in [-0.05, 0) is 30.9 Å². The lowest BCUT2D eigenvalue weighted by atomic mass is 9.97. The van der Waals surface area contributed by atoms with E-state index in [2.05, 4.69) is 0 Å². The molecule has 0 saturated carbocycles. The Kier molecular flexibility index (Phi) is 6.16. The lowest BCUT2D eigenvalue weighted by Crippen LogP contribution is -2.42. The summed E-state index contributed by atoms with van der Waals surface area (Å²) in [5.41, 5.74) is 3.37. The fourth-order valence-corrected chi connectivity index (χ4v) is 4.12. The van der Waals surface area contributed by atoms with Gasteiger partial charge in [0.1, 0.15) is 5.82 Å². The van der Waals surface area contributed by atoms with Gasteiger partial charge in [-0.2, -0.15) is 0 Å². The summed E-state index contributed by atoms with van der Waals surface area (Å²) in [6, 6.07) is 19.8. The van der Waals surface area contributed by atoms with E-state index in [1.807, 2.05) is 74.5 Å². The Labute approximate surface area is 182 Å². The van der Waals surface area contributed by atoms with Crippen molar-refractivity contribution in [3.8, 4) is 0 Å². The molecule has 1 aromatic heterocycles. The molecule has 4 rings (SSSR count). The molecule has 0 saturated heterocycles. The number of aromatic nitrogens is 2. The number of fused-ring (bicyclic) bond motifs is 1. The van der Waals surface area contributed by atoms with E-state index in [1.54, 1.807) is 9.47 Å². The smallest absolute Gasteiger partial charge is 0.410 e. The molecule has 0 radical (unpaired) electrons. The molecular formula is C25H27N3O3. The number of amides is 1. The number of hydrogen-bond acceptors (Lipinski definition) is 4. The standard InChI is InChI=1S/C25H27N3O3/c1-3-16-31-25(30)27-15-14-21-22(17-27)26-18(2)28(24(21)29)23(19-10-6-4-7-11-19)20-12-8-5-9-13-20/h4-13,23H,3,14-17H2,1-2H3. The predicted molar refractivity (Wildman–Crippen MR) is 119 cm³/mol. The van der Waals surface area contributed by atoms with Crippen LogP contribution in [0.3, 0.4) is 0 Å². The van der Waals surface area contributed by atoms with Gasteiger partial charge >= 0.3 is 6.09 Å². The number of nitrogens with zero attached hydrogens (tertiary/aromatic N) is 3. The molecule has 0 fully saturated rings. The van der Waals surface area contributed by atoms with E-state index in [4.69, 9.17) is 9.72 Å². The molecule has 160 valence electrons. The second kappa shape index (κ2) is 9.16. The van der Waals surface area contributed by atoms with Crippen molar-refractivity contribution in [3.05, 3.63) is 99.2 Å². The first kappa shape index (κ1) is 20.8. The summed E-state index contributed by atoms with van der Waals surface area (Å²) in [6.07, 6.45) is 0.903. The fourth-order valence-electron chi connectivity index (χ4n) is 4.12. The molecular weight excluding hydrogens is 390 g/mol. The van der Waals surface area contributed by atoms with Gasteiger partial charge in [-0.15, -0.1) is 0 Å². The molecule has 0 unspecified atom stereocenters. The minimum Gasteiger partial charge on any atom is -0.449 e. The van der Waals surface area contributed by atoms with Crippen molar-refractivity contribution in [2.45, 2.75) is 39.3 Å². The molecule has 0 spiro atoms. The minimum absolute atomic E-state index is 0.0400. The molecule has 6 heteroatoms. The Morgan fingerprint density at radius 1 is 1.06 bits per heavy atom. The molecule has 3 aromatic rings. The average Bonchev–Trinajstić information content (AvgIpc) is 2.81. The van der Waals surface area contributed by atoms with Crippen molar-refractivity contribution < 1.29 is 9.53 Å². The van der Waals surface area contributed by atoms with Gasteiger partial charge in [0.25, 0.3) is 5.56 Å². The number of rotatable bonds is 5. The van der Waals surface area contributed by atoms with Crippen LogP contribution in [0.15, 0.2) is 65.5 Å². The van der Waals surface area contributed by atoms with Crippen LogP contribution in [0.5, 0.6) is 0 Å². The number of carbonyl (C=O) groups is 1. The maximum absolute atomic E-state index is 13.7. The summed E-state index contributed by atoms with van der Waals surface area (Å²) < 4.78 is 7.05. The highest BCUT2D eigenvalue weighted by Crippen LogP contribution is 2.27. The summed E-state index contributed by atoms with van der Waals surface area (Å²) in [5.74, 6) is 0.630. The van der Waals surface area contributed by atoms with Crippen LogP contribution in [-0.2, 0) is 17.7 Å². The van der Waals surface area contributed by atoms with Crippen molar-refractivity contribution in [1.82, 2.24) is 14.5 Å². The van der Waals surface area contributed by atoms with Gasteiger partial charge in [-0.1, -0.05) is 67.6 Å². The molecule has 1 aliphatic heterocycles. The number of aryl methyl sites for hydroxylation is 1. The Morgan fingerprint density at radius 3 is 2.26 bits per heavy atom. The number of benzene rings is 2. The van der Waals surface area contributed by atoms with E-state index in [1.165, 1.54) is 0 Å². The van der Waals surface area contributed by atoms with Crippen LogP contribution in [0.1, 0.15) is 47.6 Å². The van der Waals surface area contributed by atoms with Crippen molar-refractivity contribution in [2.24, 2.45) is 0 Å². The predicted octanol–water partition coefficient (Wildman–Crippen LogP) is 4.09. The molecule has 31 heavy (non-hydrogen) atoms. The largest absolute Gasteiger partial charge is 0.449 e. The van der Waals surface area contributed by atoms with Crippen molar-refractivity contribution in [2.75, 3.05) is 13.2 Å². The fraction of sp³-hybridized carbons (Fsp3) is 0.320. The van der Waals surface area contributed by atoms with Crippen LogP contribution in [0.25, 0.3) is 0 Å². The molecule has 6 nitrogen and oxygen atoms in total. The van der Waals surface area contributed by atoms with Crippen LogP contribution in [0.4, 0.5) is 4.79 Å². The van der Waals surface area contributed by atoms with Gasteiger partial charge in [0.15, 0.2) is 0 Å². The minimum atomic E-state index is -0.345. The van der Waals surface area contributed by atoms with Crippen LogP contribution in [-0.4, -0.2) is 33.7 Å². The topological polar surface area (TPSA) is 64.4 Å². The first-order chi connectivity index (χ1) is 15.1. The van der Waals surface area contributed by atoms with Crippen LogP contribution < -0.4 is 5.56 Å². The van der Waals surface area contributed by atoms with Crippen LogP contribution in [0, 0.1) is 6.92 Å². The van der Waals surface area contributed by atoms with Crippen LogP contribution in [0.2, 0.25) is 0 Å². The quantitative estimate of drug-likeness (QED) is 0.627. The number of carbonyl (C=O) groups excluding carboxylic acids is 1. The first-order valence-corrected chi connectivity index (χ1v) is 10.7. The first-order valence-electron chi connectivity index (χ1n) is 10.7. The lowest BCUT2D eigenvalue weighted by Gasteiger charge is -2.30. The SMILES string of the molecule is CCCOC(=O)N1CCc2c(nc(C)n(C(c3ccccc3)c3ccccc3)c2=O)C1. The molecule has 2 heterocycles. The highest BCUT2D eigenvalue weighted by atomic mass is 16.6. The summed E-state index contributed by atoms with van der Waals surface area (Å²) >= 11 is 0. The number of hydrogen-bond donors (Lipinski definition) is 0. The second-order valence-electron chi connectivity index (χ2n) is 7.77. The summed E-state index contributed by atoms with van der Waals surface area (Å²) in [4.78, 5) is 32.3. The molecule has 2 aromatic carbocycles. The summed E-state index contributed by atoms with van der Waals surface area (Å²) in [7, 11) is 0. The van der Waals surface area contributed by atoms with Gasteiger partial charge in [-0.3, -0.25) is 9.36 Å². The molecule has 1 amide bonds. The van der Waals surface area contributed by atoms with Gasteiger partial charge in [0.2, 0.25) is 0 Å². The van der Waals surface area contributed by atoms with E-state index >= 15 is 0 Å². The Morgan fingerprint density at radius 2 is 1.68 bits per heavy atom. The maximum atomic E-state index is 13.7. The van der Waals surface area contributed by atoms with Crippen LogP contribution >= 0.6 is 0 Å². The molecule has 0 bridgehead atoms. The summed E-state index contributed by atoms with van der Waals surface area (Å²) in [5, 5.41) is 0. The normalized spacial score (nSPS) is 13.2. The van der Waals surface area contributed by atoms with Gasteiger partial charge in [0, 0.05) is 12.1 Å². The van der Waals surface area contributed by atoms with Gasteiger partial charge in [0.05, 0.1) is 24.9 Å². The lowest BCUT2D eigenvalue weighted by molar-refractivity contribution is 0.0970. The average molecular weight is 418 g/mol. The van der Waals surface area contributed by atoms with E-state index in [0.717, 1.165) is 17.5 Å². The monoisotopic (exact) mass is 417 g/mol. The van der Waals surface area contributed by atoms with Gasteiger partial charge < -0.3 is 9.64 Å². The van der Waals surface area contributed by atoms with E-state index in [9.17, 15) is 9.59 Å². The summed E-state index contributed by atoms with van der Waals surface area (Å²) in [6.45, 7) is 4.97. The third-order valence-corrected chi connectivity index (χ3v) is 5.62. The zero-order chi connectivity index (χ0) is 21.8.